The van der Waals surface area contributed by atoms with E-state index in [1.54, 1.807) is 12.1 Å². The number of rotatable bonds is 6. The summed E-state index contributed by atoms with van der Waals surface area (Å²) in [5.41, 5.74) is 3.71. The molecule has 2 aromatic rings. The Labute approximate surface area is 226 Å². The van der Waals surface area contributed by atoms with E-state index in [0.29, 0.717) is 25.6 Å². The van der Waals surface area contributed by atoms with E-state index >= 15 is 0 Å². The molecule has 0 unspecified atom stereocenters. The molecular formula is C30H42FN5O2. The van der Waals surface area contributed by atoms with E-state index in [4.69, 9.17) is 9.72 Å². The summed E-state index contributed by atoms with van der Waals surface area (Å²) in [6.45, 7) is 16.3. The predicted octanol–water partition coefficient (Wildman–Crippen LogP) is 3.21. The number of nitrogens with zero attached hydrogens (tertiary/aromatic N) is 4. The molecule has 206 valence electrons. The number of hydrogen-bond acceptors (Lipinski definition) is 6. The van der Waals surface area contributed by atoms with Gasteiger partial charge in [-0.25, -0.2) is 4.39 Å². The molecular weight excluding hydrogens is 481 g/mol. The van der Waals surface area contributed by atoms with Crippen molar-refractivity contribution in [2.45, 2.75) is 70.7 Å². The van der Waals surface area contributed by atoms with Crippen molar-refractivity contribution in [1.29, 1.82) is 0 Å². The van der Waals surface area contributed by atoms with E-state index in [-0.39, 0.29) is 35.4 Å². The fourth-order valence-electron chi connectivity index (χ4n) is 6.33. The standard InChI is InChI=1S/C30H42FN5O2/c1-20-14-35(26(13-32-20)17-34-15-21(2)38-22(3)16-34)18-28(37)36-19-30(4,5)29-27(36)11-24(12-33-29)10-23-6-8-25(31)9-7-23/h6-9,11-12,20-22,26,32H,10,13-19H2,1-5H3/t20-,21-,22+,26-/m1/s1. The lowest BCUT2D eigenvalue weighted by Gasteiger charge is -2.44. The molecule has 3 aliphatic rings. The summed E-state index contributed by atoms with van der Waals surface area (Å²) in [5.74, 6) is -0.113. The highest BCUT2D eigenvalue weighted by Crippen LogP contribution is 2.39. The second-order valence-corrected chi connectivity index (χ2v) is 12.2. The van der Waals surface area contributed by atoms with Gasteiger partial charge in [0.25, 0.3) is 0 Å². The number of morpholine rings is 1. The SMILES string of the molecule is C[C@@H]1CN(CC(=O)N2CC(C)(C)c3ncc(Cc4ccc(F)cc4)cc32)[C@@H](CN2C[C@@H](C)O[C@@H](C)C2)CN1. The minimum Gasteiger partial charge on any atom is -0.373 e. The average molecular weight is 524 g/mol. The van der Waals surface area contributed by atoms with Crippen LogP contribution in [0.3, 0.4) is 0 Å². The zero-order valence-corrected chi connectivity index (χ0v) is 23.4. The van der Waals surface area contributed by atoms with Crippen LogP contribution >= 0.6 is 0 Å². The van der Waals surface area contributed by atoms with Crippen molar-refractivity contribution in [2.24, 2.45) is 0 Å². The maximum Gasteiger partial charge on any atom is 0.241 e. The average Bonchev–Trinajstić information content (AvgIpc) is 3.12. The summed E-state index contributed by atoms with van der Waals surface area (Å²) >= 11 is 0. The summed E-state index contributed by atoms with van der Waals surface area (Å²) in [4.78, 5) is 25.5. The maximum atomic E-state index is 13.9. The van der Waals surface area contributed by atoms with E-state index in [2.05, 4.69) is 55.8 Å². The molecule has 2 fully saturated rings. The van der Waals surface area contributed by atoms with Gasteiger partial charge in [-0.1, -0.05) is 26.0 Å². The van der Waals surface area contributed by atoms with Crippen LogP contribution in [-0.4, -0.2) is 90.8 Å². The van der Waals surface area contributed by atoms with Crippen molar-refractivity contribution in [1.82, 2.24) is 20.1 Å². The van der Waals surface area contributed by atoms with E-state index in [0.717, 1.165) is 55.2 Å². The fourth-order valence-corrected chi connectivity index (χ4v) is 6.33. The van der Waals surface area contributed by atoms with Gasteiger partial charge in [0.1, 0.15) is 5.82 Å². The molecule has 7 nitrogen and oxygen atoms in total. The minimum absolute atomic E-state index is 0.125. The van der Waals surface area contributed by atoms with E-state index in [1.807, 2.05) is 11.1 Å². The number of carbonyl (C=O) groups excluding carboxylic acids is 1. The van der Waals surface area contributed by atoms with Gasteiger partial charge in [0.05, 0.1) is 30.1 Å². The van der Waals surface area contributed by atoms with Gasteiger partial charge in [0.15, 0.2) is 0 Å². The van der Waals surface area contributed by atoms with Crippen LogP contribution in [0.1, 0.15) is 51.4 Å². The van der Waals surface area contributed by atoms with Crippen molar-refractivity contribution in [3.8, 4) is 0 Å². The molecule has 3 aliphatic heterocycles. The second-order valence-electron chi connectivity index (χ2n) is 12.2. The lowest BCUT2D eigenvalue weighted by Crippen LogP contribution is -2.62. The topological polar surface area (TPSA) is 60.9 Å². The minimum atomic E-state index is -0.238. The third-order valence-electron chi connectivity index (χ3n) is 8.06. The molecule has 0 spiro atoms. The Hall–Kier alpha value is -2.39. The summed E-state index contributed by atoms with van der Waals surface area (Å²) in [5, 5.41) is 3.62. The summed E-state index contributed by atoms with van der Waals surface area (Å²) in [6.07, 6.45) is 3.00. The molecule has 0 radical (unpaired) electrons. The van der Waals surface area contributed by atoms with E-state index in [9.17, 15) is 9.18 Å². The molecule has 1 N–H and O–H groups in total. The first-order valence-electron chi connectivity index (χ1n) is 14.0. The molecule has 2 saturated heterocycles. The Balaban J connectivity index is 1.32. The molecule has 38 heavy (non-hydrogen) atoms. The van der Waals surface area contributed by atoms with Crippen LogP contribution in [-0.2, 0) is 21.4 Å². The molecule has 1 aromatic heterocycles. The van der Waals surface area contributed by atoms with E-state index in [1.165, 1.54) is 12.1 Å². The van der Waals surface area contributed by atoms with Crippen LogP contribution in [0.15, 0.2) is 36.5 Å². The van der Waals surface area contributed by atoms with Crippen LogP contribution in [0.25, 0.3) is 0 Å². The number of carbonyl (C=O) groups is 1. The number of aromatic nitrogens is 1. The Morgan fingerprint density at radius 3 is 2.53 bits per heavy atom. The maximum absolute atomic E-state index is 13.9. The summed E-state index contributed by atoms with van der Waals surface area (Å²) in [6, 6.07) is 9.29. The molecule has 8 heteroatoms. The molecule has 4 heterocycles. The third kappa shape index (κ3) is 6.09. The Kier molecular flexibility index (Phi) is 7.87. The van der Waals surface area contributed by atoms with Gasteiger partial charge in [0.2, 0.25) is 5.91 Å². The van der Waals surface area contributed by atoms with Gasteiger partial charge < -0.3 is 15.0 Å². The van der Waals surface area contributed by atoms with Crippen LogP contribution in [0.5, 0.6) is 0 Å². The Morgan fingerprint density at radius 2 is 1.82 bits per heavy atom. The zero-order valence-electron chi connectivity index (χ0n) is 23.4. The van der Waals surface area contributed by atoms with Crippen LogP contribution in [0.2, 0.25) is 0 Å². The number of anilines is 1. The van der Waals surface area contributed by atoms with Crippen molar-refractivity contribution in [2.75, 3.05) is 50.7 Å². The van der Waals surface area contributed by atoms with Gasteiger partial charge in [-0.15, -0.1) is 0 Å². The van der Waals surface area contributed by atoms with E-state index < -0.39 is 0 Å². The molecule has 5 rings (SSSR count). The zero-order chi connectivity index (χ0) is 27.0. The van der Waals surface area contributed by atoms with Crippen LogP contribution in [0.4, 0.5) is 10.1 Å². The van der Waals surface area contributed by atoms with Crippen molar-refractivity contribution >= 4 is 11.6 Å². The monoisotopic (exact) mass is 523 g/mol. The second kappa shape index (κ2) is 11.0. The van der Waals surface area contributed by atoms with Gasteiger partial charge in [-0.05, 0) is 56.5 Å². The van der Waals surface area contributed by atoms with Crippen molar-refractivity contribution in [3.63, 3.8) is 0 Å². The normalized spacial score (nSPS) is 27.9. The number of halogens is 1. The number of fused-ring (bicyclic) bond motifs is 1. The summed E-state index contributed by atoms with van der Waals surface area (Å²) in [7, 11) is 0. The number of piperazine rings is 1. The number of amides is 1. The quantitative estimate of drug-likeness (QED) is 0.628. The summed E-state index contributed by atoms with van der Waals surface area (Å²) < 4.78 is 19.3. The number of pyridine rings is 1. The first-order valence-corrected chi connectivity index (χ1v) is 14.0. The number of benzene rings is 1. The third-order valence-corrected chi connectivity index (χ3v) is 8.06. The van der Waals surface area contributed by atoms with Gasteiger partial charge in [0, 0.05) is 63.0 Å². The predicted molar refractivity (Wildman–Crippen MR) is 148 cm³/mol. The highest BCUT2D eigenvalue weighted by molar-refractivity contribution is 5.97. The van der Waals surface area contributed by atoms with Crippen LogP contribution in [0, 0.1) is 5.82 Å². The highest BCUT2D eigenvalue weighted by Gasteiger charge is 2.41. The lowest BCUT2D eigenvalue weighted by atomic mass is 9.91. The largest absolute Gasteiger partial charge is 0.373 e. The smallest absolute Gasteiger partial charge is 0.241 e. The molecule has 0 aliphatic carbocycles. The molecule has 0 bridgehead atoms. The molecule has 1 aromatic carbocycles. The number of nitrogens with one attached hydrogen (secondary N) is 1. The highest BCUT2D eigenvalue weighted by atomic mass is 19.1. The van der Waals surface area contributed by atoms with Crippen molar-refractivity contribution in [3.05, 3.63) is 59.2 Å². The first kappa shape index (κ1) is 27.2. The molecule has 1 amide bonds. The number of ether oxygens (including phenoxy) is 1. The molecule has 4 atom stereocenters. The van der Waals surface area contributed by atoms with Gasteiger partial charge in [-0.2, -0.15) is 0 Å². The van der Waals surface area contributed by atoms with Gasteiger partial charge in [-0.3, -0.25) is 19.6 Å². The Morgan fingerprint density at radius 1 is 1.11 bits per heavy atom. The van der Waals surface area contributed by atoms with Crippen LogP contribution < -0.4 is 10.2 Å². The molecule has 0 saturated carbocycles. The van der Waals surface area contributed by atoms with Crippen molar-refractivity contribution < 1.29 is 13.9 Å². The first-order chi connectivity index (χ1) is 18.1. The lowest BCUT2D eigenvalue weighted by molar-refractivity contribution is -0.121. The number of hydrogen-bond donors (Lipinski definition) is 1. The Bertz CT molecular complexity index is 1130. The van der Waals surface area contributed by atoms with Gasteiger partial charge >= 0.3 is 0 Å². The fraction of sp³-hybridized carbons (Fsp3) is 0.600.